The van der Waals surface area contributed by atoms with Crippen LogP contribution >= 0.6 is 23.4 Å². The Kier molecular flexibility index (Phi) is 6.93. The second-order valence-corrected chi connectivity index (χ2v) is 8.62. The number of para-hydroxylation sites is 1. The average molecular weight is 467 g/mol. The van der Waals surface area contributed by atoms with Gasteiger partial charge >= 0.3 is 0 Å². The largest absolute Gasteiger partial charge is 0.497 e. The van der Waals surface area contributed by atoms with Crippen molar-refractivity contribution >= 4 is 45.9 Å². The number of nitrogens with one attached hydrogen (secondary N) is 1. The van der Waals surface area contributed by atoms with Crippen LogP contribution in [0.25, 0.3) is 10.9 Å². The minimum Gasteiger partial charge on any atom is -0.497 e. The van der Waals surface area contributed by atoms with Crippen molar-refractivity contribution in [3.8, 4) is 11.5 Å². The van der Waals surface area contributed by atoms with Crippen LogP contribution in [0, 0.1) is 0 Å². The zero-order valence-electron chi connectivity index (χ0n) is 17.8. The summed E-state index contributed by atoms with van der Waals surface area (Å²) in [4.78, 5) is 13.7. The number of nitrogens with zero attached hydrogens (tertiary/aromatic N) is 1. The first-order chi connectivity index (χ1) is 15.6. The molecule has 0 atom stereocenters. The number of thioether (sulfide) groups is 1. The Bertz CT molecular complexity index is 1240. The number of carbonyl (C=O) groups is 1. The Morgan fingerprint density at radius 1 is 1.03 bits per heavy atom. The molecule has 0 unspecified atom stereocenters. The van der Waals surface area contributed by atoms with Crippen molar-refractivity contribution in [3.63, 3.8) is 0 Å². The normalized spacial score (nSPS) is 10.8. The first-order valence-electron chi connectivity index (χ1n) is 10.0. The molecule has 0 saturated heterocycles. The van der Waals surface area contributed by atoms with E-state index < -0.39 is 0 Å². The molecule has 0 aliphatic rings. The van der Waals surface area contributed by atoms with Gasteiger partial charge in [0.15, 0.2) is 0 Å². The van der Waals surface area contributed by atoms with Crippen molar-refractivity contribution < 1.29 is 14.3 Å². The van der Waals surface area contributed by atoms with Crippen molar-refractivity contribution in [1.82, 2.24) is 4.57 Å². The van der Waals surface area contributed by atoms with Crippen LogP contribution in [-0.4, -0.2) is 30.4 Å². The fraction of sp³-hybridized carbons (Fsp3) is 0.160. The van der Waals surface area contributed by atoms with E-state index in [1.807, 2.05) is 36.4 Å². The van der Waals surface area contributed by atoms with Crippen molar-refractivity contribution in [3.05, 3.63) is 83.5 Å². The lowest BCUT2D eigenvalue weighted by Crippen LogP contribution is -2.14. The number of methoxy groups -OCH3 is 2. The number of aromatic nitrogens is 1. The first kappa shape index (κ1) is 22.1. The number of halogens is 1. The van der Waals surface area contributed by atoms with Crippen molar-refractivity contribution in [2.24, 2.45) is 0 Å². The molecule has 0 aliphatic heterocycles. The van der Waals surface area contributed by atoms with Gasteiger partial charge in [-0.15, -0.1) is 11.8 Å². The van der Waals surface area contributed by atoms with Crippen molar-refractivity contribution in [1.29, 1.82) is 0 Å². The van der Waals surface area contributed by atoms with Crippen LogP contribution in [0.4, 0.5) is 5.69 Å². The molecule has 1 amide bonds. The molecule has 4 rings (SSSR count). The molecule has 3 aromatic carbocycles. The Morgan fingerprint density at radius 3 is 2.56 bits per heavy atom. The van der Waals surface area contributed by atoms with E-state index in [4.69, 9.17) is 21.1 Å². The molecular weight excluding hydrogens is 444 g/mol. The highest BCUT2D eigenvalue weighted by Gasteiger charge is 2.13. The third kappa shape index (κ3) is 5.03. The maximum atomic E-state index is 12.6. The fourth-order valence-electron chi connectivity index (χ4n) is 3.48. The first-order valence-corrected chi connectivity index (χ1v) is 11.4. The molecule has 0 aliphatic carbocycles. The minimum atomic E-state index is -0.104. The topological polar surface area (TPSA) is 52.5 Å². The smallest absolute Gasteiger partial charge is 0.234 e. The van der Waals surface area contributed by atoms with E-state index in [-0.39, 0.29) is 11.7 Å². The van der Waals surface area contributed by atoms with Crippen LogP contribution in [0.5, 0.6) is 11.5 Å². The number of carbonyl (C=O) groups excluding carboxylic acids is 1. The highest BCUT2D eigenvalue weighted by atomic mass is 35.5. The molecular formula is C25H23ClN2O3S. The summed E-state index contributed by atoms with van der Waals surface area (Å²) in [5.41, 5.74) is 2.90. The lowest BCUT2D eigenvalue weighted by Gasteiger charge is -2.11. The third-order valence-corrected chi connectivity index (χ3v) is 6.35. The molecule has 4 aromatic rings. The number of hydrogen-bond donors (Lipinski definition) is 1. The monoisotopic (exact) mass is 466 g/mol. The summed E-state index contributed by atoms with van der Waals surface area (Å²) in [6, 6.07) is 21.4. The van der Waals surface area contributed by atoms with Gasteiger partial charge in [0.2, 0.25) is 5.91 Å². The Labute approximate surface area is 196 Å². The molecule has 32 heavy (non-hydrogen) atoms. The molecule has 7 heteroatoms. The second-order valence-electron chi connectivity index (χ2n) is 7.17. The number of rotatable bonds is 8. The minimum absolute atomic E-state index is 0.104. The standard InChI is InChI=1S/C25H23ClN2O3S/c1-30-19-11-12-21(23(13-19)31-2)27-25(29)16-32-24-15-28(22-6-4-3-5-20(22)24)14-17-7-9-18(26)10-8-17/h3-13,15H,14,16H2,1-2H3,(H,27,29). The van der Waals surface area contributed by atoms with Gasteiger partial charge in [-0.25, -0.2) is 0 Å². The van der Waals surface area contributed by atoms with Gasteiger partial charge in [-0.1, -0.05) is 41.9 Å². The summed E-state index contributed by atoms with van der Waals surface area (Å²) in [5.74, 6) is 1.41. The summed E-state index contributed by atoms with van der Waals surface area (Å²) in [5, 5.41) is 4.77. The van der Waals surface area contributed by atoms with Crippen LogP contribution in [0.2, 0.25) is 5.02 Å². The van der Waals surface area contributed by atoms with Gasteiger partial charge in [0, 0.05) is 39.6 Å². The number of ether oxygens (including phenoxy) is 2. The molecule has 1 aromatic heterocycles. The van der Waals surface area contributed by atoms with Gasteiger partial charge in [0.1, 0.15) is 11.5 Å². The molecule has 1 N–H and O–H groups in total. The summed E-state index contributed by atoms with van der Waals surface area (Å²) in [6.45, 7) is 0.730. The number of anilines is 1. The Morgan fingerprint density at radius 2 is 1.81 bits per heavy atom. The van der Waals surface area contributed by atoms with Crippen molar-refractivity contribution in [2.75, 3.05) is 25.3 Å². The maximum absolute atomic E-state index is 12.6. The zero-order valence-corrected chi connectivity index (χ0v) is 19.4. The van der Waals surface area contributed by atoms with E-state index in [1.165, 1.54) is 11.8 Å². The van der Waals surface area contributed by atoms with Gasteiger partial charge in [0.25, 0.3) is 0 Å². The van der Waals surface area contributed by atoms with Crippen molar-refractivity contribution in [2.45, 2.75) is 11.4 Å². The molecule has 0 bridgehead atoms. The average Bonchev–Trinajstić information content (AvgIpc) is 3.17. The van der Waals surface area contributed by atoms with Gasteiger partial charge in [-0.05, 0) is 35.9 Å². The van der Waals surface area contributed by atoms with Crippen LogP contribution in [-0.2, 0) is 11.3 Å². The SMILES string of the molecule is COc1ccc(NC(=O)CSc2cn(Cc3ccc(Cl)cc3)c3ccccc23)c(OC)c1. The van der Waals surface area contributed by atoms with Crippen LogP contribution in [0.15, 0.2) is 77.8 Å². The second kappa shape index (κ2) is 10.0. The predicted octanol–water partition coefficient (Wildman–Crippen LogP) is 6.09. The van der Waals surface area contributed by atoms with Crippen LogP contribution in [0.3, 0.4) is 0 Å². The lowest BCUT2D eigenvalue weighted by molar-refractivity contribution is -0.113. The van der Waals surface area contributed by atoms with E-state index in [2.05, 4.69) is 28.2 Å². The molecule has 0 spiro atoms. The molecule has 5 nitrogen and oxygen atoms in total. The lowest BCUT2D eigenvalue weighted by atomic mass is 10.2. The molecule has 164 valence electrons. The van der Waals surface area contributed by atoms with Crippen LogP contribution in [0.1, 0.15) is 5.56 Å². The number of hydrogen-bond acceptors (Lipinski definition) is 4. The summed E-state index contributed by atoms with van der Waals surface area (Å²) in [6.07, 6.45) is 2.10. The summed E-state index contributed by atoms with van der Waals surface area (Å²) < 4.78 is 12.8. The number of amides is 1. The predicted molar refractivity (Wildman–Crippen MR) is 131 cm³/mol. The molecule has 0 fully saturated rings. The number of benzene rings is 3. The molecule has 1 heterocycles. The third-order valence-electron chi connectivity index (χ3n) is 5.06. The van der Waals surface area contributed by atoms with Gasteiger partial charge in [0.05, 0.1) is 25.7 Å². The zero-order chi connectivity index (χ0) is 22.5. The molecule has 0 radical (unpaired) electrons. The summed E-state index contributed by atoms with van der Waals surface area (Å²) >= 11 is 7.53. The van der Waals surface area contributed by atoms with E-state index in [9.17, 15) is 4.79 Å². The molecule has 0 saturated carbocycles. The van der Waals surface area contributed by atoms with E-state index in [0.717, 1.165) is 32.9 Å². The Balaban J connectivity index is 1.48. The summed E-state index contributed by atoms with van der Waals surface area (Å²) in [7, 11) is 3.15. The maximum Gasteiger partial charge on any atom is 0.234 e. The number of fused-ring (bicyclic) bond motifs is 1. The van der Waals surface area contributed by atoms with Gasteiger partial charge in [-0.3, -0.25) is 4.79 Å². The van der Waals surface area contributed by atoms with Crippen LogP contribution < -0.4 is 14.8 Å². The Hall–Kier alpha value is -3.09. The van der Waals surface area contributed by atoms with Gasteiger partial charge < -0.3 is 19.4 Å². The van der Waals surface area contributed by atoms with E-state index in [1.54, 1.807) is 32.4 Å². The van der Waals surface area contributed by atoms with Gasteiger partial charge in [-0.2, -0.15) is 0 Å². The fourth-order valence-corrected chi connectivity index (χ4v) is 4.49. The quantitative estimate of drug-likeness (QED) is 0.319. The van der Waals surface area contributed by atoms with E-state index >= 15 is 0 Å². The highest BCUT2D eigenvalue weighted by Crippen LogP contribution is 2.32. The highest BCUT2D eigenvalue weighted by molar-refractivity contribution is 8.00. The van der Waals surface area contributed by atoms with E-state index in [0.29, 0.717) is 17.2 Å².